The van der Waals surface area contributed by atoms with Crippen LogP contribution in [0.4, 0.5) is 0 Å². The summed E-state index contributed by atoms with van der Waals surface area (Å²) in [4.78, 5) is 4.29. The van der Waals surface area contributed by atoms with Gasteiger partial charge in [-0.3, -0.25) is 4.90 Å². The van der Waals surface area contributed by atoms with Gasteiger partial charge in [0.15, 0.2) is 0 Å². The molecule has 3 atom stereocenters. The summed E-state index contributed by atoms with van der Waals surface area (Å²) in [5, 5.41) is 0.713. The molecule has 3 unspecified atom stereocenters. The highest BCUT2D eigenvalue weighted by molar-refractivity contribution is 6.30. The first kappa shape index (κ1) is 12.3. The Balaban J connectivity index is 2.05. The lowest BCUT2D eigenvalue weighted by atomic mass is 10.1. The van der Waals surface area contributed by atoms with Crippen LogP contribution in [0.5, 0.6) is 0 Å². The molecular formula is C12H18Cl2N2. The topological polar surface area (TPSA) is 6.25 Å². The Bertz CT molecular complexity index is 360. The summed E-state index contributed by atoms with van der Waals surface area (Å²) in [6, 6.07) is 0.633. The number of alkyl halides is 1. The molecule has 0 amide bonds. The van der Waals surface area contributed by atoms with E-state index in [1.807, 2.05) is 18.0 Å². The minimum atomic E-state index is -0.133. The second kappa shape index (κ2) is 3.94. The molecule has 0 radical (unpaired) electrons. The molecule has 0 N–H and O–H groups in total. The Morgan fingerprint density at radius 2 is 2.00 bits per heavy atom. The summed E-state index contributed by atoms with van der Waals surface area (Å²) in [6.07, 6.45) is 4.07. The van der Waals surface area contributed by atoms with Crippen LogP contribution < -0.4 is 0 Å². The molecule has 0 aliphatic carbocycles. The molecule has 0 aromatic rings. The predicted molar refractivity (Wildman–Crippen MR) is 69.7 cm³/mol. The summed E-state index contributed by atoms with van der Waals surface area (Å²) >= 11 is 12.3. The number of nitrogens with zero attached hydrogens (tertiary/aromatic N) is 2. The first-order valence-corrected chi connectivity index (χ1v) is 6.37. The standard InChI is InChI=1S/C12H18Cl2N2/c1-8-12(2,3)16(8)7-9-5-10(13)15(4)11(14)6-9/h5-6,8,10H,7H2,1-4H3. The van der Waals surface area contributed by atoms with E-state index >= 15 is 0 Å². The number of hydrogen-bond acceptors (Lipinski definition) is 2. The molecule has 16 heavy (non-hydrogen) atoms. The fourth-order valence-corrected chi connectivity index (χ4v) is 2.68. The van der Waals surface area contributed by atoms with Gasteiger partial charge in [0.25, 0.3) is 0 Å². The first-order chi connectivity index (χ1) is 7.34. The predicted octanol–water partition coefficient (Wildman–Crippen LogP) is 2.99. The van der Waals surface area contributed by atoms with Crippen molar-refractivity contribution in [2.75, 3.05) is 13.6 Å². The smallest absolute Gasteiger partial charge is 0.123 e. The van der Waals surface area contributed by atoms with E-state index in [2.05, 4.69) is 31.7 Å². The zero-order valence-electron chi connectivity index (χ0n) is 10.2. The Hall–Kier alpha value is -0.180. The molecule has 0 aromatic carbocycles. The normalized spacial score (nSPS) is 36.9. The third-order valence-corrected chi connectivity index (χ3v) is 4.67. The molecule has 0 spiro atoms. The van der Waals surface area contributed by atoms with Gasteiger partial charge in [-0.15, -0.1) is 0 Å². The lowest BCUT2D eigenvalue weighted by Gasteiger charge is -2.26. The van der Waals surface area contributed by atoms with Gasteiger partial charge in [-0.2, -0.15) is 0 Å². The highest BCUT2D eigenvalue weighted by Gasteiger charge is 2.51. The van der Waals surface area contributed by atoms with Crippen molar-refractivity contribution in [2.45, 2.75) is 37.9 Å². The van der Waals surface area contributed by atoms with E-state index in [0.29, 0.717) is 16.7 Å². The summed E-state index contributed by atoms with van der Waals surface area (Å²) < 4.78 is 0. The van der Waals surface area contributed by atoms with Gasteiger partial charge in [0.05, 0.1) is 0 Å². The molecule has 2 nitrogen and oxygen atoms in total. The molecule has 2 aliphatic heterocycles. The molecule has 90 valence electrons. The second-order valence-corrected chi connectivity index (χ2v) is 5.98. The monoisotopic (exact) mass is 260 g/mol. The Morgan fingerprint density at radius 3 is 2.44 bits per heavy atom. The van der Waals surface area contributed by atoms with Crippen LogP contribution in [0.3, 0.4) is 0 Å². The van der Waals surface area contributed by atoms with Crippen molar-refractivity contribution in [3.8, 4) is 0 Å². The average Bonchev–Trinajstić information content (AvgIpc) is 2.64. The van der Waals surface area contributed by atoms with E-state index in [-0.39, 0.29) is 5.50 Å². The Morgan fingerprint density at radius 1 is 1.44 bits per heavy atom. The summed E-state index contributed by atoms with van der Waals surface area (Å²) in [5.41, 5.74) is 1.39. The van der Waals surface area contributed by atoms with Gasteiger partial charge < -0.3 is 4.90 Å². The first-order valence-electron chi connectivity index (χ1n) is 5.55. The van der Waals surface area contributed by atoms with E-state index in [1.54, 1.807) is 0 Å². The third kappa shape index (κ3) is 1.99. The van der Waals surface area contributed by atoms with E-state index < -0.39 is 0 Å². The summed E-state index contributed by atoms with van der Waals surface area (Å²) in [7, 11) is 1.90. The molecular weight excluding hydrogens is 243 g/mol. The van der Waals surface area contributed by atoms with Gasteiger partial charge in [-0.1, -0.05) is 23.2 Å². The fourth-order valence-electron chi connectivity index (χ4n) is 2.12. The zero-order valence-corrected chi connectivity index (χ0v) is 11.7. The highest BCUT2D eigenvalue weighted by Crippen LogP contribution is 2.41. The lowest BCUT2D eigenvalue weighted by molar-refractivity contribution is 0.436. The van der Waals surface area contributed by atoms with Crippen LogP contribution in [-0.4, -0.2) is 40.5 Å². The molecule has 0 aromatic heterocycles. The Kier molecular flexibility index (Phi) is 3.02. The molecule has 4 heteroatoms. The van der Waals surface area contributed by atoms with Crippen LogP contribution in [0.25, 0.3) is 0 Å². The quantitative estimate of drug-likeness (QED) is 0.428. The third-order valence-electron chi connectivity index (χ3n) is 3.88. The maximum atomic E-state index is 6.17. The second-order valence-electron chi connectivity index (χ2n) is 5.15. The van der Waals surface area contributed by atoms with Crippen LogP contribution in [0.15, 0.2) is 22.9 Å². The van der Waals surface area contributed by atoms with Crippen molar-refractivity contribution >= 4 is 23.2 Å². The van der Waals surface area contributed by atoms with Crippen LogP contribution in [-0.2, 0) is 0 Å². The van der Waals surface area contributed by atoms with Crippen molar-refractivity contribution in [3.63, 3.8) is 0 Å². The zero-order chi connectivity index (χ0) is 12.1. The van der Waals surface area contributed by atoms with Crippen molar-refractivity contribution in [1.82, 2.24) is 9.80 Å². The Labute approximate surface area is 107 Å². The molecule has 1 saturated heterocycles. The summed E-state index contributed by atoms with van der Waals surface area (Å²) in [6.45, 7) is 7.70. The fraction of sp³-hybridized carbons (Fsp3) is 0.667. The number of likely N-dealkylation sites (N-methyl/N-ethyl adjacent to an activating group) is 1. The average molecular weight is 261 g/mol. The minimum absolute atomic E-state index is 0.133. The van der Waals surface area contributed by atoms with Gasteiger partial charge in [0, 0.05) is 25.2 Å². The van der Waals surface area contributed by atoms with E-state index in [9.17, 15) is 0 Å². The van der Waals surface area contributed by atoms with E-state index in [0.717, 1.165) is 6.54 Å². The highest BCUT2D eigenvalue weighted by atomic mass is 35.5. The number of rotatable bonds is 2. The SMILES string of the molecule is CC1N(CC2=CC(Cl)N(C)C(Cl)=C2)C1(C)C. The molecule has 2 aliphatic rings. The minimum Gasteiger partial charge on any atom is -0.346 e. The largest absolute Gasteiger partial charge is 0.346 e. The molecule has 2 rings (SSSR count). The molecule has 0 bridgehead atoms. The van der Waals surface area contributed by atoms with Crippen molar-refractivity contribution in [1.29, 1.82) is 0 Å². The van der Waals surface area contributed by atoms with Gasteiger partial charge >= 0.3 is 0 Å². The molecule has 2 heterocycles. The molecule has 1 fully saturated rings. The van der Waals surface area contributed by atoms with E-state index in [1.165, 1.54) is 5.57 Å². The lowest BCUT2D eigenvalue weighted by Crippen LogP contribution is -2.27. The van der Waals surface area contributed by atoms with Crippen molar-refractivity contribution in [2.24, 2.45) is 0 Å². The van der Waals surface area contributed by atoms with Crippen LogP contribution in [0.1, 0.15) is 20.8 Å². The summed E-state index contributed by atoms with van der Waals surface area (Å²) in [5.74, 6) is 0. The number of halogens is 2. The van der Waals surface area contributed by atoms with Gasteiger partial charge in [-0.05, 0) is 38.5 Å². The van der Waals surface area contributed by atoms with Crippen molar-refractivity contribution in [3.05, 3.63) is 22.9 Å². The van der Waals surface area contributed by atoms with Gasteiger partial charge in [-0.25, -0.2) is 0 Å². The van der Waals surface area contributed by atoms with Crippen LogP contribution in [0.2, 0.25) is 0 Å². The van der Waals surface area contributed by atoms with Crippen molar-refractivity contribution < 1.29 is 0 Å². The maximum absolute atomic E-state index is 6.17. The maximum Gasteiger partial charge on any atom is 0.123 e. The van der Waals surface area contributed by atoms with Crippen LogP contribution >= 0.6 is 23.2 Å². The molecule has 0 saturated carbocycles. The van der Waals surface area contributed by atoms with E-state index in [4.69, 9.17) is 23.2 Å². The van der Waals surface area contributed by atoms with Gasteiger partial charge in [0.1, 0.15) is 10.7 Å². The van der Waals surface area contributed by atoms with Crippen LogP contribution in [0, 0.1) is 0 Å². The number of hydrogen-bond donors (Lipinski definition) is 0. The van der Waals surface area contributed by atoms with Gasteiger partial charge in [0.2, 0.25) is 0 Å².